The largest absolute Gasteiger partial charge is 0.365 e. The summed E-state index contributed by atoms with van der Waals surface area (Å²) in [5.74, 6) is -1.81. The number of imidazole rings is 1. The molecule has 4 N–H and O–H groups in total. The van der Waals surface area contributed by atoms with Gasteiger partial charge in [0, 0.05) is 50.4 Å². The molecule has 0 aliphatic rings. The molecule has 33 heavy (non-hydrogen) atoms. The molecule has 2 heterocycles. The lowest BCUT2D eigenvalue weighted by Gasteiger charge is -2.12. The van der Waals surface area contributed by atoms with Crippen LogP contribution in [0.1, 0.15) is 6.92 Å². The van der Waals surface area contributed by atoms with Gasteiger partial charge in [-0.1, -0.05) is 12.1 Å². The number of fused-ring (bicyclic) bond motifs is 3. The number of rotatable bonds is 6. The first kappa shape index (κ1) is 21.9. The molecule has 0 aliphatic carbocycles. The number of halogens is 2. The van der Waals surface area contributed by atoms with Crippen molar-refractivity contribution in [3.05, 3.63) is 54.2 Å². The van der Waals surface area contributed by atoms with Crippen molar-refractivity contribution >= 4 is 40.1 Å². The van der Waals surface area contributed by atoms with Crippen molar-refractivity contribution in [2.45, 2.75) is 6.92 Å². The van der Waals surface area contributed by atoms with Crippen molar-refractivity contribution < 1.29 is 18.4 Å². The van der Waals surface area contributed by atoms with Gasteiger partial charge < -0.3 is 21.3 Å². The number of hydrogen-bond acceptors (Lipinski definition) is 5. The van der Waals surface area contributed by atoms with Crippen molar-refractivity contribution in [3.8, 4) is 11.3 Å². The minimum absolute atomic E-state index is 0.164. The van der Waals surface area contributed by atoms with Gasteiger partial charge in [0.05, 0.1) is 22.9 Å². The summed E-state index contributed by atoms with van der Waals surface area (Å²) in [5.41, 5.74) is 2.95. The highest BCUT2D eigenvalue weighted by molar-refractivity contribution is 5.90. The van der Waals surface area contributed by atoms with Gasteiger partial charge in [0.1, 0.15) is 0 Å². The van der Waals surface area contributed by atoms with Crippen molar-refractivity contribution in [1.82, 2.24) is 25.0 Å². The molecule has 2 aromatic heterocycles. The summed E-state index contributed by atoms with van der Waals surface area (Å²) < 4.78 is 29.8. The molecule has 0 bridgehead atoms. The Morgan fingerprint density at radius 3 is 2.48 bits per heavy atom. The van der Waals surface area contributed by atoms with Crippen LogP contribution >= 0.6 is 0 Å². The Bertz CT molecular complexity index is 1350. The summed E-state index contributed by atoms with van der Waals surface area (Å²) in [6.07, 6.45) is 1.61. The molecule has 4 rings (SSSR count). The maximum absolute atomic E-state index is 14.1. The van der Waals surface area contributed by atoms with Crippen LogP contribution in [0, 0.1) is 11.6 Å². The first-order valence-corrected chi connectivity index (χ1v) is 10.1. The second-order valence-electron chi connectivity index (χ2n) is 7.21. The van der Waals surface area contributed by atoms with E-state index in [2.05, 4.69) is 31.2 Å². The van der Waals surface area contributed by atoms with E-state index in [9.17, 15) is 18.4 Å². The summed E-state index contributed by atoms with van der Waals surface area (Å²) in [7, 11) is 1.52. The van der Waals surface area contributed by atoms with Crippen LogP contribution < -0.4 is 21.3 Å². The molecule has 0 saturated carbocycles. The average Bonchev–Trinajstić information content (AvgIpc) is 3.24. The standard InChI is InChI=1S/C22H21F2N7O2/c1-12(32)26-7-8-27-20-21-28-11-19(13-3-5-14(6-4-13)29-22(33)25-2)31(21)18-10-16(24)15(23)9-17(18)30-20/h3-6,9-11H,7-8H2,1-2H3,(H,26,32)(H,27,30)(H2,25,29,33). The predicted molar refractivity (Wildman–Crippen MR) is 121 cm³/mol. The summed E-state index contributed by atoms with van der Waals surface area (Å²) in [6, 6.07) is 8.78. The summed E-state index contributed by atoms with van der Waals surface area (Å²) in [4.78, 5) is 31.5. The molecule has 11 heteroatoms. The zero-order valence-corrected chi connectivity index (χ0v) is 17.9. The number of carbonyl (C=O) groups is 2. The van der Waals surface area contributed by atoms with E-state index in [4.69, 9.17) is 0 Å². The van der Waals surface area contributed by atoms with Gasteiger partial charge >= 0.3 is 6.03 Å². The van der Waals surface area contributed by atoms with Crippen molar-refractivity contribution in [3.63, 3.8) is 0 Å². The molecule has 170 valence electrons. The molecule has 9 nitrogen and oxygen atoms in total. The van der Waals surface area contributed by atoms with Crippen molar-refractivity contribution in [2.24, 2.45) is 0 Å². The molecule has 0 fully saturated rings. The second kappa shape index (κ2) is 9.07. The third-order valence-corrected chi connectivity index (χ3v) is 4.92. The smallest absolute Gasteiger partial charge is 0.318 e. The van der Waals surface area contributed by atoms with Crippen LogP contribution in [0.15, 0.2) is 42.6 Å². The van der Waals surface area contributed by atoms with Crippen LogP contribution in [0.4, 0.5) is 25.1 Å². The zero-order chi connectivity index (χ0) is 23.5. The van der Waals surface area contributed by atoms with E-state index in [0.29, 0.717) is 41.5 Å². The lowest BCUT2D eigenvalue weighted by molar-refractivity contribution is -0.118. The maximum Gasteiger partial charge on any atom is 0.318 e. The lowest BCUT2D eigenvalue weighted by atomic mass is 10.1. The zero-order valence-electron chi connectivity index (χ0n) is 17.9. The number of aromatic nitrogens is 3. The minimum atomic E-state index is -1.01. The number of carbonyl (C=O) groups excluding carboxylic acids is 2. The molecule has 0 atom stereocenters. The third-order valence-electron chi connectivity index (χ3n) is 4.92. The summed E-state index contributed by atoms with van der Waals surface area (Å²) in [6.45, 7) is 2.13. The lowest BCUT2D eigenvalue weighted by Crippen LogP contribution is -2.26. The van der Waals surface area contributed by atoms with E-state index in [1.807, 2.05) is 0 Å². The summed E-state index contributed by atoms with van der Waals surface area (Å²) >= 11 is 0. The topological polar surface area (TPSA) is 112 Å². The van der Waals surface area contributed by atoms with Crippen LogP contribution in [0.5, 0.6) is 0 Å². The van der Waals surface area contributed by atoms with E-state index in [-0.39, 0.29) is 17.5 Å². The Morgan fingerprint density at radius 1 is 1.06 bits per heavy atom. The molecule has 0 aliphatic heterocycles. The number of nitrogens with one attached hydrogen (secondary N) is 4. The van der Waals surface area contributed by atoms with Gasteiger partial charge in [-0.05, 0) is 12.1 Å². The number of urea groups is 1. The molecule has 0 radical (unpaired) electrons. The van der Waals surface area contributed by atoms with Crippen molar-refractivity contribution in [2.75, 3.05) is 30.8 Å². The first-order valence-electron chi connectivity index (χ1n) is 10.1. The van der Waals surface area contributed by atoms with E-state index in [0.717, 1.165) is 17.7 Å². The average molecular weight is 453 g/mol. The number of hydrogen-bond donors (Lipinski definition) is 4. The Morgan fingerprint density at radius 2 is 1.79 bits per heavy atom. The Kier molecular flexibility index (Phi) is 6.03. The predicted octanol–water partition coefficient (Wildman–Crippen LogP) is 3.13. The SMILES string of the molecule is CNC(=O)Nc1ccc(-c2cnc3c(NCCNC(C)=O)nc4cc(F)c(F)cc4n23)cc1. The fourth-order valence-corrected chi connectivity index (χ4v) is 3.39. The van der Waals surface area contributed by atoms with Gasteiger partial charge in [-0.3, -0.25) is 9.20 Å². The second-order valence-corrected chi connectivity index (χ2v) is 7.21. The van der Waals surface area contributed by atoms with Crippen LogP contribution in [-0.4, -0.2) is 46.4 Å². The van der Waals surface area contributed by atoms with Crippen LogP contribution in [0.3, 0.4) is 0 Å². The third kappa shape index (κ3) is 4.52. The van der Waals surface area contributed by atoms with Gasteiger partial charge in [-0.15, -0.1) is 0 Å². The van der Waals surface area contributed by atoms with Gasteiger partial charge in [0.2, 0.25) is 5.91 Å². The highest BCUT2D eigenvalue weighted by Gasteiger charge is 2.17. The summed E-state index contributed by atoms with van der Waals surface area (Å²) in [5, 5.41) is 10.9. The normalized spacial score (nSPS) is 10.9. The van der Waals surface area contributed by atoms with Gasteiger partial charge in [0.15, 0.2) is 23.1 Å². The monoisotopic (exact) mass is 453 g/mol. The van der Waals surface area contributed by atoms with Crippen LogP contribution in [0.25, 0.3) is 27.9 Å². The Labute approximate surface area is 187 Å². The molecule has 0 unspecified atom stereocenters. The van der Waals surface area contributed by atoms with Gasteiger partial charge in [-0.25, -0.2) is 23.5 Å². The highest BCUT2D eigenvalue weighted by Crippen LogP contribution is 2.30. The van der Waals surface area contributed by atoms with Crippen LogP contribution in [-0.2, 0) is 4.79 Å². The first-order chi connectivity index (χ1) is 15.9. The fraction of sp³-hybridized carbons (Fsp3) is 0.182. The van der Waals surface area contributed by atoms with E-state index in [1.165, 1.54) is 14.0 Å². The molecule has 2 aromatic carbocycles. The number of amides is 3. The van der Waals surface area contributed by atoms with Crippen LogP contribution in [0.2, 0.25) is 0 Å². The molecule has 0 spiro atoms. The van der Waals surface area contributed by atoms with Gasteiger partial charge in [-0.2, -0.15) is 0 Å². The number of benzene rings is 2. The maximum atomic E-state index is 14.1. The van der Waals surface area contributed by atoms with E-state index >= 15 is 0 Å². The molecule has 4 aromatic rings. The minimum Gasteiger partial charge on any atom is -0.365 e. The van der Waals surface area contributed by atoms with Gasteiger partial charge in [0.25, 0.3) is 0 Å². The quantitative estimate of drug-likeness (QED) is 0.335. The van der Waals surface area contributed by atoms with Crippen molar-refractivity contribution in [1.29, 1.82) is 0 Å². The highest BCUT2D eigenvalue weighted by atomic mass is 19.2. The van der Waals surface area contributed by atoms with E-state index in [1.54, 1.807) is 34.9 Å². The number of anilines is 2. The molecular formula is C22H21F2N7O2. The molecular weight excluding hydrogens is 432 g/mol. The Hall–Kier alpha value is -4.28. The molecule has 0 saturated heterocycles. The number of nitrogens with zero attached hydrogens (tertiary/aromatic N) is 3. The fourth-order valence-electron chi connectivity index (χ4n) is 3.39. The van der Waals surface area contributed by atoms with E-state index < -0.39 is 11.6 Å². The molecule has 3 amide bonds. The Balaban J connectivity index is 1.80.